The van der Waals surface area contributed by atoms with Gasteiger partial charge in [-0.2, -0.15) is 5.10 Å². The van der Waals surface area contributed by atoms with E-state index in [1.54, 1.807) is 0 Å². The number of nitro benzene ring substituents is 1. The first-order valence-electron chi connectivity index (χ1n) is 6.36. The van der Waals surface area contributed by atoms with Gasteiger partial charge in [0.2, 0.25) is 0 Å². The fourth-order valence-electron chi connectivity index (χ4n) is 1.73. The van der Waals surface area contributed by atoms with E-state index in [1.165, 1.54) is 29.2 Å². The lowest BCUT2D eigenvalue weighted by Crippen LogP contribution is -2.11. The molecule has 9 nitrogen and oxygen atoms in total. The van der Waals surface area contributed by atoms with Crippen molar-refractivity contribution < 1.29 is 19.6 Å². The average Bonchev–Trinajstić information content (AvgIpc) is 2.96. The third kappa shape index (κ3) is 4.27. The van der Waals surface area contributed by atoms with Crippen molar-refractivity contribution in [3.63, 3.8) is 0 Å². The Morgan fingerprint density at radius 1 is 1.43 bits per heavy atom. The molecule has 120 valence electrons. The molecule has 2 rings (SSSR count). The largest absolute Gasteiger partial charge is 0.481 e. The first-order chi connectivity index (χ1) is 10.9. The number of anilines is 1. The molecule has 23 heavy (non-hydrogen) atoms. The highest BCUT2D eigenvalue weighted by Gasteiger charge is 2.14. The molecule has 0 bridgehead atoms. The third-order valence-electron chi connectivity index (χ3n) is 2.86. The molecule has 0 spiro atoms. The molecule has 0 fully saturated rings. The number of aryl methyl sites for hydroxylation is 1. The normalized spacial score (nSPS) is 10.3. The molecule has 1 aromatic carbocycles. The van der Waals surface area contributed by atoms with Crippen LogP contribution < -0.4 is 5.32 Å². The van der Waals surface area contributed by atoms with Gasteiger partial charge >= 0.3 is 5.97 Å². The van der Waals surface area contributed by atoms with Crippen molar-refractivity contribution >= 4 is 34.9 Å². The first-order valence-corrected chi connectivity index (χ1v) is 6.74. The highest BCUT2D eigenvalue weighted by atomic mass is 35.5. The number of rotatable bonds is 6. The van der Waals surface area contributed by atoms with E-state index in [0.717, 1.165) is 6.07 Å². The minimum absolute atomic E-state index is 0.0332. The maximum absolute atomic E-state index is 12.1. The summed E-state index contributed by atoms with van der Waals surface area (Å²) in [4.78, 5) is 32.6. The highest BCUT2D eigenvalue weighted by Crippen LogP contribution is 2.26. The second-order valence-electron chi connectivity index (χ2n) is 4.51. The quantitative estimate of drug-likeness (QED) is 0.613. The van der Waals surface area contributed by atoms with Gasteiger partial charge in [-0.05, 0) is 6.07 Å². The van der Waals surface area contributed by atoms with E-state index in [2.05, 4.69) is 10.4 Å². The zero-order valence-corrected chi connectivity index (χ0v) is 12.4. The van der Waals surface area contributed by atoms with Crippen LogP contribution in [0.2, 0.25) is 5.02 Å². The Kier molecular flexibility index (Phi) is 4.91. The molecule has 10 heteroatoms. The number of benzene rings is 1. The Morgan fingerprint density at radius 2 is 2.17 bits per heavy atom. The molecule has 0 saturated carbocycles. The third-order valence-corrected chi connectivity index (χ3v) is 3.17. The average molecular weight is 339 g/mol. The summed E-state index contributed by atoms with van der Waals surface area (Å²) in [6, 6.07) is 3.68. The second kappa shape index (κ2) is 6.88. The number of aliphatic carboxylic acids is 1. The van der Waals surface area contributed by atoms with Crippen LogP contribution in [0.25, 0.3) is 0 Å². The monoisotopic (exact) mass is 338 g/mol. The molecule has 0 unspecified atom stereocenters. The fraction of sp³-hybridized carbons (Fsp3) is 0.154. The number of hydrogen-bond donors (Lipinski definition) is 2. The predicted octanol–water partition coefficient (Wildman–Crippen LogP) is 2.17. The van der Waals surface area contributed by atoms with Gasteiger partial charge in [0.05, 0.1) is 40.4 Å². The number of aromatic nitrogens is 2. The Hall–Kier alpha value is -2.94. The van der Waals surface area contributed by atoms with Crippen LogP contribution in [0.5, 0.6) is 0 Å². The van der Waals surface area contributed by atoms with Gasteiger partial charge in [-0.25, -0.2) is 0 Å². The van der Waals surface area contributed by atoms with Gasteiger partial charge in [-0.3, -0.25) is 24.4 Å². The Morgan fingerprint density at radius 3 is 2.78 bits per heavy atom. The number of halogens is 1. The maximum Gasteiger partial charge on any atom is 0.305 e. The Bertz CT molecular complexity index is 773. The van der Waals surface area contributed by atoms with Crippen molar-refractivity contribution in [3.8, 4) is 0 Å². The van der Waals surface area contributed by atoms with E-state index >= 15 is 0 Å². The number of nitrogens with one attached hydrogen (secondary N) is 1. The summed E-state index contributed by atoms with van der Waals surface area (Å²) < 4.78 is 1.33. The molecule has 1 aromatic heterocycles. The molecule has 1 amide bonds. The number of carboxylic acids is 1. The maximum atomic E-state index is 12.1. The van der Waals surface area contributed by atoms with Crippen LogP contribution in [0.15, 0.2) is 30.6 Å². The van der Waals surface area contributed by atoms with Crippen molar-refractivity contribution in [1.82, 2.24) is 9.78 Å². The molecule has 0 aliphatic heterocycles. The molecule has 0 saturated heterocycles. The summed E-state index contributed by atoms with van der Waals surface area (Å²) in [7, 11) is 0. The second-order valence-corrected chi connectivity index (χ2v) is 4.92. The van der Waals surface area contributed by atoms with Gasteiger partial charge in [0.25, 0.3) is 11.6 Å². The number of carbonyl (C=O) groups is 2. The van der Waals surface area contributed by atoms with Crippen LogP contribution in [0.4, 0.5) is 11.4 Å². The van der Waals surface area contributed by atoms with Crippen molar-refractivity contribution in [2.75, 3.05) is 5.32 Å². The summed E-state index contributed by atoms with van der Waals surface area (Å²) in [5, 5.41) is 25.6. The van der Waals surface area contributed by atoms with E-state index in [9.17, 15) is 19.7 Å². The molecule has 0 radical (unpaired) electrons. The molecular weight excluding hydrogens is 328 g/mol. The van der Waals surface area contributed by atoms with Gasteiger partial charge in [0.15, 0.2) is 0 Å². The lowest BCUT2D eigenvalue weighted by molar-refractivity contribution is -0.384. The van der Waals surface area contributed by atoms with Gasteiger partial charge < -0.3 is 10.4 Å². The van der Waals surface area contributed by atoms with Crippen molar-refractivity contribution in [1.29, 1.82) is 0 Å². The lowest BCUT2D eigenvalue weighted by atomic mass is 10.2. The van der Waals surface area contributed by atoms with Crippen molar-refractivity contribution in [3.05, 3.63) is 51.3 Å². The van der Waals surface area contributed by atoms with Crippen LogP contribution in [-0.2, 0) is 11.3 Å². The molecule has 0 aliphatic rings. The van der Waals surface area contributed by atoms with E-state index in [-0.39, 0.29) is 34.9 Å². The number of amides is 1. The van der Waals surface area contributed by atoms with Gasteiger partial charge in [-0.1, -0.05) is 11.6 Å². The summed E-state index contributed by atoms with van der Waals surface area (Å²) >= 11 is 5.89. The van der Waals surface area contributed by atoms with Crippen LogP contribution in [-0.4, -0.2) is 31.7 Å². The number of hydrogen-bond acceptors (Lipinski definition) is 5. The minimum Gasteiger partial charge on any atom is -0.481 e. The van der Waals surface area contributed by atoms with Crippen LogP contribution in [0.3, 0.4) is 0 Å². The Balaban J connectivity index is 2.07. The van der Waals surface area contributed by atoms with Crippen LogP contribution in [0, 0.1) is 10.1 Å². The van der Waals surface area contributed by atoms with Crippen LogP contribution in [0.1, 0.15) is 16.8 Å². The summed E-state index contributed by atoms with van der Waals surface area (Å²) in [6.45, 7) is 0.140. The zero-order chi connectivity index (χ0) is 17.0. The topological polar surface area (TPSA) is 127 Å². The van der Waals surface area contributed by atoms with E-state index < -0.39 is 16.8 Å². The van der Waals surface area contributed by atoms with E-state index in [4.69, 9.17) is 16.7 Å². The molecule has 0 aliphatic carbocycles. The number of carbonyl (C=O) groups excluding carboxylic acids is 1. The lowest BCUT2D eigenvalue weighted by Gasteiger charge is -2.05. The van der Waals surface area contributed by atoms with Gasteiger partial charge in [0.1, 0.15) is 0 Å². The fourth-order valence-corrected chi connectivity index (χ4v) is 1.95. The van der Waals surface area contributed by atoms with E-state index in [1.807, 2.05) is 0 Å². The number of nitrogens with zero attached hydrogens (tertiary/aromatic N) is 3. The molecule has 1 heterocycles. The number of non-ortho nitro benzene ring substituents is 1. The highest BCUT2D eigenvalue weighted by molar-refractivity contribution is 6.34. The molecule has 2 N–H and O–H groups in total. The summed E-state index contributed by atoms with van der Waals surface area (Å²) in [5.41, 5.74) is 0.250. The summed E-state index contributed by atoms with van der Waals surface area (Å²) in [6.07, 6.45) is 2.57. The molecular formula is C13H11ClN4O5. The van der Waals surface area contributed by atoms with Crippen LogP contribution >= 0.6 is 11.6 Å². The smallest absolute Gasteiger partial charge is 0.305 e. The summed E-state index contributed by atoms with van der Waals surface area (Å²) in [5.74, 6) is -1.48. The van der Waals surface area contributed by atoms with Crippen molar-refractivity contribution in [2.45, 2.75) is 13.0 Å². The number of nitro groups is 1. The minimum atomic E-state index is -0.968. The zero-order valence-electron chi connectivity index (χ0n) is 11.6. The number of carboxylic acid groups (broad SMARTS) is 1. The standard InChI is InChI=1S/C13H11ClN4O5/c14-10-5-9(18(22)23)1-2-11(10)16-13(21)8-6-15-17(7-8)4-3-12(19)20/h1-2,5-7H,3-4H2,(H,16,21)(H,19,20). The van der Waals surface area contributed by atoms with E-state index in [0.29, 0.717) is 0 Å². The molecule has 2 aromatic rings. The predicted molar refractivity (Wildman–Crippen MR) is 80.5 cm³/mol. The first kappa shape index (κ1) is 16.4. The van der Waals surface area contributed by atoms with Gasteiger partial charge in [0, 0.05) is 18.3 Å². The van der Waals surface area contributed by atoms with Gasteiger partial charge in [-0.15, -0.1) is 0 Å². The van der Waals surface area contributed by atoms with Crippen molar-refractivity contribution in [2.24, 2.45) is 0 Å². The SMILES string of the molecule is O=C(O)CCn1cc(C(=O)Nc2ccc([N+](=O)[O-])cc2Cl)cn1. The molecule has 0 atom stereocenters. The Labute approximate surface area is 134 Å².